The van der Waals surface area contributed by atoms with Crippen molar-refractivity contribution >= 4 is 24.7 Å². The van der Waals surface area contributed by atoms with Crippen LogP contribution in [-0.2, 0) is 11.2 Å². The maximum absolute atomic E-state index is 13.5. The number of rotatable bonds is 6. The summed E-state index contributed by atoms with van der Waals surface area (Å²) in [6, 6.07) is 3.34. The molecule has 0 bridgehead atoms. The Kier molecular flexibility index (Phi) is 5.03. The minimum Gasteiger partial charge on any atom is -0.388 e. The highest BCUT2D eigenvalue weighted by atomic mass is 19.1. The Morgan fingerprint density at radius 3 is 2.81 bits per heavy atom. The molecule has 16 heavy (non-hydrogen) atoms. The maximum Gasteiger partial charge on any atom is 0.152 e. The van der Waals surface area contributed by atoms with Crippen LogP contribution in [0.3, 0.4) is 0 Å². The van der Waals surface area contributed by atoms with E-state index in [4.69, 9.17) is 0 Å². The fourth-order valence-corrected chi connectivity index (χ4v) is 1.67. The molecule has 1 radical (unpaired) electrons. The Bertz CT molecular complexity index is 368. The van der Waals surface area contributed by atoms with E-state index < -0.39 is 0 Å². The number of aryl methyl sites for hydroxylation is 1. The van der Waals surface area contributed by atoms with Crippen molar-refractivity contribution < 1.29 is 9.18 Å². The normalized spacial score (nSPS) is 9.94. The quantitative estimate of drug-likeness (QED) is 0.449. The van der Waals surface area contributed by atoms with Gasteiger partial charge in [-0.05, 0) is 30.5 Å². The number of unbranched alkanes of at least 4 members (excludes halogenated alkanes) is 1. The molecule has 1 N–H and O–H groups in total. The summed E-state index contributed by atoms with van der Waals surface area (Å²) in [5.74, 6) is -0.206. The van der Waals surface area contributed by atoms with Gasteiger partial charge in [0.15, 0.2) is 7.28 Å². The van der Waals surface area contributed by atoms with Crippen molar-refractivity contribution in [3.63, 3.8) is 0 Å². The standard InChI is InChI=1S/C12H16BFNO/c1-13-10-8-12(15-2)9(7-11(10)14)5-3-4-6-16/h6-8,15H,3-5H2,1-2H3. The minimum absolute atomic E-state index is 0.206. The van der Waals surface area contributed by atoms with Crippen LogP contribution in [0.15, 0.2) is 12.1 Å². The second-order valence-electron chi connectivity index (χ2n) is 3.63. The van der Waals surface area contributed by atoms with E-state index in [9.17, 15) is 9.18 Å². The molecule has 0 saturated heterocycles. The number of hydrogen-bond donors (Lipinski definition) is 1. The first-order chi connectivity index (χ1) is 7.72. The van der Waals surface area contributed by atoms with Crippen LogP contribution in [0, 0.1) is 5.82 Å². The summed E-state index contributed by atoms with van der Waals surface area (Å²) in [5.41, 5.74) is 2.45. The lowest BCUT2D eigenvalue weighted by Gasteiger charge is -2.11. The Morgan fingerprint density at radius 1 is 1.50 bits per heavy atom. The molecule has 85 valence electrons. The number of carbonyl (C=O) groups excluding carboxylic acids is 1. The molecular formula is C12H16BFNO. The van der Waals surface area contributed by atoms with E-state index in [0.29, 0.717) is 11.9 Å². The van der Waals surface area contributed by atoms with Gasteiger partial charge in [-0.15, -0.1) is 0 Å². The number of halogens is 1. The zero-order valence-electron chi connectivity index (χ0n) is 9.72. The molecule has 0 aliphatic rings. The van der Waals surface area contributed by atoms with Crippen LogP contribution in [-0.4, -0.2) is 20.6 Å². The molecule has 0 fully saturated rings. The van der Waals surface area contributed by atoms with Crippen LogP contribution in [0.25, 0.3) is 0 Å². The lowest BCUT2D eigenvalue weighted by atomic mass is 9.72. The molecule has 0 spiro atoms. The number of carbonyl (C=O) groups is 1. The van der Waals surface area contributed by atoms with Gasteiger partial charge in [0.05, 0.1) is 0 Å². The van der Waals surface area contributed by atoms with Gasteiger partial charge in [-0.25, -0.2) is 4.39 Å². The average molecular weight is 220 g/mol. The molecule has 0 atom stereocenters. The highest BCUT2D eigenvalue weighted by Gasteiger charge is 2.07. The number of aldehydes is 1. The third-order valence-corrected chi connectivity index (χ3v) is 2.57. The smallest absolute Gasteiger partial charge is 0.152 e. The molecule has 2 nitrogen and oxygen atoms in total. The van der Waals surface area contributed by atoms with Crippen molar-refractivity contribution in [2.75, 3.05) is 12.4 Å². The zero-order valence-corrected chi connectivity index (χ0v) is 9.72. The van der Waals surface area contributed by atoms with Gasteiger partial charge in [-0.3, -0.25) is 0 Å². The molecule has 0 aromatic heterocycles. The second kappa shape index (κ2) is 6.31. The molecule has 0 saturated carbocycles. The molecular weight excluding hydrogens is 204 g/mol. The van der Waals surface area contributed by atoms with Gasteiger partial charge in [-0.1, -0.05) is 12.3 Å². The van der Waals surface area contributed by atoms with E-state index in [1.54, 1.807) is 19.4 Å². The van der Waals surface area contributed by atoms with E-state index in [2.05, 4.69) is 5.32 Å². The molecule has 0 unspecified atom stereocenters. The molecule has 1 aromatic rings. The lowest BCUT2D eigenvalue weighted by Crippen LogP contribution is -2.17. The Morgan fingerprint density at radius 2 is 2.25 bits per heavy atom. The van der Waals surface area contributed by atoms with Crippen LogP contribution in [0.5, 0.6) is 0 Å². The molecule has 4 heteroatoms. The van der Waals surface area contributed by atoms with Crippen molar-refractivity contribution in [2.45, 2.75) is 26.1 Å². The lowest BCUT2D eigenvalue weighted by molar-refractivity contribution is -0.107. The summed E-state index contributed by atoms with van der Waals surface area (Å²) in [4.78, 5) is 10.2. The Hall–Kier alpha value is -1.32. The summed E-state index contributed by atoms with van der Waals surface area (Å²) in [7, 11) is 3.56. The van der Waals surface area contributed by atoms with Crippen molar-refractivity contribution in [2.24, 2.45) is 0 Å². The largest absolute Gasteiger partial charge is 0.388 e. The predicted molar refractivity (Wildman–Crippen MR) is 66.2 cm³/mol. The first-order valence-corrected chi connectivity index (χ1v) is 5.46. The van der Waals surface area contributed by atoms with Crippen molar-refractivity contribution in [3.05, 3.63) is 23.5 Å². The van der Waals surface area contributed by atoms with Crippen molar-refractivity contribution in [3.8, 4) is 0 Å². The van der Waals surface area contributed by atoms with Crippen LogP contribution in [0.2, 0.25) is 6.82 Å². The zero-order chi connectivity index (χ0) is 12.0. The summed E-state index contributed by atoms with van der Waals surface area (Å²) in [6.07, 6.45) is 2.89. The van der Waals surface area contributed by atoms with Crippen LogP contribution in [0.1, 0.15) is 18.4 Å². The van der Waals surface area contributed by atoms with E-state index >= 15 is 0 Å². The average Bonchev–Trinajstić information content (AvgIpc) is 2.30. The third-order valence-electron chi connectivity index (χ3n) is 2.57. The second-order valence-corrected chi connectivity index (χ2v) is 3.63. The number of anilines is 1. The SMILES string of the molecule is C[B]c1cc(NC)c(CCCC=O)cc1F. The van der Waals surface area contributed by atoms with Gasteiger partial charge in [0, 0.05) is 19.2 Å². The van der Waals surface area contributed by atoms with Gasteiger partial charge in [0.25, 0.3) is 0 Å². The number of benzene rings is 1. The van der Waals surface area contributed by atoms with Gasteiger partial charge in [0.2, 0.25) is 0 Å². The van der Waals surface area contributed by atoms with Gasteiger partial charge in [0.1, 0.15) is 12.1 Å². The van der Waals surface area contributed by atoms with E-state index in [1.165, 1.54) is 0 Å². The fraction of sp³-hybridized carbons (Fsp3) is 0.417. The first-order valence-electron chi connectivity index (χ1n) is 5.46. The Balaban J connectivity index is 2.89. The highest BCUT2D eigenvalue weighted by molar-refractivity contribution is 6.52. The van der Waals surface area contributed by atoms with Crippen LogP contribution < -0.4 is 10.8 Å². The topological polar surface area (TPSA) is 29.1 Å². The molecule has 0 aliphatic carbocycles. The molecule has 0 aliphatic heterocycles. The monoisotopic (exact) mass is 220 g/mol. The maximum atomic E-state index is 13.5. The molecule has 0 amide bonds. The minimum atomic E-state index is -0.206. The van der Waals surface area contributed by atoms with Crippen LogP contribution in [0.4, 0.5) is 10.1 Å². The van der Waals surface area contributed by atoms with Gasteiger partial charge in [-0.2, -0.15) is 0 Å². The van der Waals surface area contributed by atoms with E-state index in [-0.39, 0.29) is 5.82 Å². The van der Waals surface area contributed by atoms with Crippen molar-refractivity contribution in [1.82, 2.24) is 0 Å². The molecule has 1 aromatic carbocycles. The first kappa shape index (κ1) is 12.8. The summed E-state index contributed by atoms with van der Waals surface area (Å²) in [6.45, 7) is 1.81. The third kappa shape index (κ3) is 3.09. The summed E-state index contributed by atoms with van der Waals surface area (Å²) >= 11 is 0. The number of nitrogens with one attached hydrogen (secondary N) is 1. The van der Waals surface area contributed by atoms with E-state index in [1.807, 2.05) is 13.9 Å². The van der Waals surface area contributed by atoms with E-state index in [0.717, 1.165) is 30.4 Å². The fourth-order valence-electron chi connectivity index (χ4n) is 1.67. The Labute approximate surface area is 96.5 Å². The molecule has 0 heterocycles. The van der Waals surface area contributed by atoms with Crippen molar-refractivity contribution in [1.29, 1.82) is 0 Å². The summed E-state index contributed by atoms with van der Waals surface area (Å²) < 4.78 is 13.5. The predicted octanol–water partition coefficient (Wildman–Crippen LogP) is 1.77. The van der Waals surface area contributed by atoms with Gasteiger partial charge >= 0.3 is 0 Å². The highest BCUT2D eigenvalue weighted by Crippen LogP contribution is 2.17. The van der Waals surface area contributed by atoms with Crippen LogP contribution >= 0.6 is 0 Å². The summed E-state index contributed by atoms with van der Waals surface area (Å²) in [5, 5.41) is 3.05. The number of hydrogen-bond acceptors (Lipinski definition) is 2. The molecule has 1 rings (SSSR count). The van der Waals surface area contributed by atoms with Gasteiger partial charge < -0.3 is 10.1 Å².